The van der Waals surface area contributed by atoms with Crippen LogP contribution in [0.3, 0.4) is 0 Å². The number of benzene rings is 2. The molecule has 0 fully saturated rings. The maximum atomic E-state index is 10.6. The Morgan fingerprint density at radius 2 is 1.60 bits per heavy atom. The lowest BCUT2D eigenvalue weighted by molar-refractivity contribution is 0.137. The number of aliphatic hydroxyl groups excluding tert-OH is 1. The maximum Gasteiger partial charge on any atom is 0.255 e. The average Bonchev–Trinajstić information content (AvgIpc) is 3.06. The summed E-state index contributed by atoms with van der Waals surface area (Å²) in [6, 6.07) is 22.3. The number of aliphatic imine (C=N–C) groups is 1. The molecule has 1 N–H and O–H groups in total. The number of aliphatic hydroxyl groups is 1. The summed E-state index contributed by atoms with van der Waals surface area (Å²) in [5.74, 6) is 1.16. The van der Waals surface area contributed by atoms with E-state index in [1.54, 1.807) is 0 Å². The molecule has 0 spiro atoms. The van der Waals surface area contributed by atoms with Gasteiger partial charge in [-0.2, -0.15) is 0 Å². The summed E-state index contributed by atoms with van der Waals surface area (Å²) in [6.07, 6.45) is 0.493. The lowest BCUT2D eigenvalue weighted by Crippen LogP contribution is -2.61. The zero-order valence-corrected chi connectivity index (χ0v) is 19.7. The van der Waals surface area contributed by atoms with Crippen LogP contribution >= 0.6 is 0 Å². The molecule has 30 heavy (non-hydrogen) atoms. The molecule has 1 unspecified atom stereocenters. The second-order valence-electron chi connectivity index (χ2n) is 9.26. The zero-order valence-electron chi connectivity index (χ0n) is 18.7. The van der Waals surface area contributed by atoms with Gasteiger partial charge in [-0.25, -0.2) is 4.99 Å². The molecule has 0 saturated carbocycles. The molecule has 2 aromatic rings. The molecule has 1 heterocycles. The Balaban J connectivity index is 1.76. The number of rotatable bonds is 10. The van der Waals surface area contributed by atoms with Gasteiger partial charge in [0.25, 0.3) is 8.32 Å². The standard InChI is InChI=1S/C25H35NO3Si/c1-20(2)18-30(22-11-7-5-8-12-22,23-13-9-6-10-14-23)29-16-15-21(27)17-24-26-25(3,4)19-28-24/h5-14,20-21,27H,15-19H2,1-4H3. The molecule has 1 aliphatic heterocycles. The van der Waals surface area contributed by atoms with Gasteiger partial charge in [0.15, 0.2) is 5.90 Å². The van der Waals surface area contributed by atoms with Gasteiger partial charge >= 0.3 is 0 Å². The number of ether oxygens (including phenoxy) is 1. The quantitative estimate of drug-likeness (QED) is 0.590. The van der Waals surface area contributed by atoms with Crippen LogP contribution in [0.1, 0.15) is 40.5 Å². The van der Waals surface area contributed by atoms with Crippen molar-refractivity contribution in [2.75, 3.05) is 13.2 Å². The van der Waals surface area contributed by atoms with Gasteiger partial charge in [-0.1, -0.05) is 74.5 Å². The fourth-order valence-corrected chi connectivity index (χ4v) is 8.39. The van der Waals surface area contributed by atoms with Crippen molar-refractivity contribution in [3.8, 4) is 0 Å². The first-order chi connectivity index (χ1) is 14.3. The van der Waals surface area contributed by atoms with Crippen LogP contribution in [0.5, 0.6) is 0 Å². The highest BCUT2D eigenvalue weighted by atomic mass is 28.4. The first-order valence-corrected chi connectivity index (χ1v) is 13.1. The van der Waals surface area contributed by atoms with Gasteiger partial charge in [0.1, 0.15) is 6.61 Å². The van der Waals surface area contributed by atoms with Crippen LogP contribution in [0.25, 0.3) is 0 Å². The van der Waals surface area contributed by atoms with E-state index in [0.29, 0.717) is 37.9 Å². The molecular formula is C25H35NO3Si. The molecule has 0 amide bonds. The van der Waals surface area contributed by atoms with Crippen LogP contribution < -0.4 is 10.4 Å². The number of nitrogens with zero attached hydrogens (tertiary/aromatic N) is 1. The molecule has 4 nitrogen and oxygen atoms in total. The third-order valence-electron chi connectivity index (χ3n) is 5.41. The van der Waals surface area contributed by atoms with Crippen molar-refractivity contribution in [1.82, 2.24) is 0 Å². The van der Waals surface area contributed by atoms with Crippen LogP contribution in [-0.4, -0.2) is 44.2 Å². The minimum Gasteiger partial charge on any atom is -0.478 e. The summed E-state index contributed by atoms with van der Waals surface area (Å²) in [7, 11) is -2.42. The van der Waals surface area contributed by atoms with Gasteiger partial charge in [-0.15, -0.1) is 0 Å². The summed E-state index contributed by atoms with van der Waals surface area (Å²) >= 11 is 0. The second kappa shape index (κ2) is 9.90. The van der Waals surface area contributed by atoms with Crippen LogP contribution in [-0.2, 0) is 9.16 Å². The topological polar surface area (TPSA) is 51.0 Å². The van der Waals surface area contributed by atoms with Gasteiger partial charge in [0, 0.05) is 13.0 Å². The summed E-state index contributed by atoms with van der Waals surface area (Å²) in [5.41, 5.74) is -0.189. The Morgan fingerprint density at radius 3 is 2.07 bits per heavy atom. The van der Waals surface area contributed by atoms with Crippen LogP contribution in [0.4, 0.5) is 0 Å². The fraction of sp³-hybridized carbons (Fsp3) is 0.480. The molecule has 162 valence electrons. The molecule has 0 aromatic heterocycles. The molecule has 1 atom stereocenters. The van der Waals surface area contributed by atoms with E-state index in [-0.39, 0.29) is 5.54 Å². The minimum atomic E-state index is -2.42. The molecule has 5 heteroatoms. The average molecular weight is 426 g/mol. The van der Waals surface area contributed by atoms with E-state index in [1.165, 1.54) is 10.4 Å². The molecule has 1 aliphatic rings. The van der Waals surface area contributed by atoms with Crippen LogP contribution in [0, 0.1) is 5.92 Å². The zero-order chi connectivity index (χ0) is 21.6. The smallest absolute Gasteiger partial charge is 0.255 e. The fourth-order valence-electron chi connectivity index (χ4n) is 4.06. The van der Waals surface area contributed by atoms with E-state index < -0.39 is 14.4 Å². The Labute approximate surface area is 182 Å². The van der Waals surface area contributed by atoms with E-state index in [4.69, 9.17) is 9.16 Å². The van der Waals surface area contributed by atoms with E-state index in [1.807, 2.05) is 13.8 Å². The van der Waals surface area contributed by atoms with Crippen molar-refractivity contribution in [1.29, 1.82) is 0 Å². The summed E-state index contributed by atoms with van der Waals surface area (Å²) in [6.45, 7) is 9.69. The molecule has 2 aromatic carbocycles. The highest BCUT2D eigenvalue weighted by Gasteiger charge is 2.40. The Morgan fingerprint density at radius 1 is 1.03 bits per heavy atom. The van der Waals surface area contributed by atoms with Crippen molar-refractivity contribution in [2.45, 2.75) is 58.2 Å². The second-order valence-corrected chi connectivity index (χ2v) is 12.8. The van der Waals surface area contributed by atoms with E-state index in [0.717, 1.165) is 6.04 Å². The van der Waals surface area contributed by atoms with Crippen molar-refractivity contribution >= 4 is 24.6 Å². The minimum absolute atomic E-state index is 0.189. The Kier molecular flexibility index (Phi) is 7.50. The Hall–Kier alpha value is -1.95. The lowest BCUT2D eigenvalue weighted by atomic mass is 10.1. The third kappa shape index (κ3) is 5.81. The predicted molar refractivity (Wildman–Crippen MR) is 126 cm³/mol. The summed E-state index contributed by atoms with van der Waals surface area (Å²) in [5, 5.41) is 13.1. The van der Waals surface area contributed by atoms with Crippen molar-refractivity contribution < 1.29 is 14.3 Å². The summed E-state index contributed by atoms with van der Waals surface area (Å²) in [4.78, 5) is 4.55. The van der Waals surface area contributed by atoms with E-state index >= 15 is 0 Å². The molecular weight excluding hydrogens is 390 g/mol. The van der Waals surface area contributed by atoms with Crippen molar-refractivity contribution in [3.63, 3.8) is 0 Å². The SMILES string of the molecule is CC(C)C[Si](OCCC(O)CC1=NC(C)(C)CO1)(c1ccccc1)c1ccccc1. The van der Waals surface area contributed by atoms with Crippen LogP contribution in [0.15, 0.2) is 65.7 Å². The highest BCUT2D eigenvalue weighted by molar-refractivity contribution is 6.97. The molecule has 0 bridgehead atoms. The number of hydrogen-bond donors (Lipinski definition) is 1. The molecule has 0 aliphatic carbocycles. The first-order valence-electron chi connectivity index (χ1n) is 11.0. The van der Waals surface area contributed by atoms with Gasteiger partial charge in [-0.05, 0) is 42.6 Å². The van der Waals surface area contributed by atoms with E-state index in [2.05, 4.69) is 79.5 Å². The van der Waals surface area contributed by atoms with Crippen molar-refractivity contribution in [3.05, 3.63) is 60.7 Å². The van der Waals surface area contributed by atoms with Gasteiger partial charge < -0.3 is 14.3 Å². The molecule has 0 radical (unpaired) electrons. The third-order valence-corrected chi connectivity index (χ3v) is 10.0. The monoisotopic (exact) mass is 425 g/mol. The lowest BCUT2D eigenvalue weighted by Gasteiger charge is -2.34. The normalized spacial score (nSPS) is 16.9. The van der Waals surface area contributed by atoms with Crippen molar-refractivity contribution in [2.24, 2.45) is 10.9 Å². The van der Waals surface area contributed by atoms with Crippen LogP contribution in [0.2, 0.25) is 6.04 Å². The number of hydrogen-bond acceptors (Lipinski definition) is 4. The van der Waals surface area contributed by atoms with Gasteiger partial charge in [-0.3, -0.25) is 0 Å². The Bertz CT molecular complexity index is 781. The summed E-state index contributed by atoms with van der Waals surface area (Å²) < 4.78 is 12.4. The molecule has 0 saturated heterocycles. The maximum absolute atomic E-state index is 10.6. The first kappa shape index (κ1) is 22.7. The predicted octanol–water partition coefficient (Wildman–Crippen LogP) is 3.77. The molecule has 3 rings (SSSR count). The highest BCUT2D eigenvalue weighted by Crippen LogP contribution is 2.22. The van der Waals surface area contributed by atoms with Gasteiger partial charge in [0.05, 0.1) is 11.6 Å². The largest absolute Gasteiger partial charge is 0.478 e. The van der Waals surface area contributed by atoms with E-state index in [9.17, 15) is 5.11 Å². The van der Waals surface area contributed by atoms with Gasteiger partial charge in [0.2, 0.25) is 0 Å².